The first-order valence-corrected chi connectivity index (χ1v) is 7.71. The van der Waals surface area contributed by atoms with E-state index in [0.717, 1.165) is 5.56 Å². The summed E-state index contributed by atoms with van der Waals surface area (Å²) >= 11 is 0. The van der Waals surface area contributed by atoms with Crippen molar-refractivity contribution >= 4 is 0 Å². The summed E-state index contributed by atoms with van der Waals surface area (Å²) in [5.74, 6) is 0.898. The van der Waals surface area contributed by atoms with Crippen LogP contribution in [0.3, 0.4) is 0 Å². The largest absolute Gasteiger partial charge is 0.454 e. The zero-order chi connectivity index (χ0) is 17.1. The molecular formula is C20H13FN2O2. The lowest BCUT2D eigenvalue weighted by Crippen LogP contribution is -1.89. The highest BCUT2D eigenvalue weighted by Crippen LogP contribution is 2.30. The Morgan fingerprint density at radius 2 is 1.36 bits per heavy atom. The Kier molecular flexibility index (Phi) is 3.96. The van der Waals surface area contributed by atoms with Crippen molar-refractivity contribution in [3.05, 3.63) is 84.7 Å². The van der Waals surface area contributed by atoms with Crippen LogP contribution in [-0.4, -0.2) is 10.2 Å². The van der Waals surface area contributed by atoms with Gasteiger partial charge in [0.05, 0.1) is 0 Å². The van der Waals surface area contributed by atoms with Crippen LogP contribution in [-0.2, 0) is 0 Å². The van der Waals surface area contributed by atoms with Crippen LogP contribution in [0.4, 0.5) is 4.39 Å². The van der Waals surface area contributed by atoms with Crippen LogP contribution in [0.5, 0.6) is 11.5 Å². The number of nitrogens with zero attached hydrogens (tertiary/aromatic N) is 2. The number of benzene rings is 3. The zero-order valence-electron chi connectivity index (χ0n) is 13.1. The van der Waals surface area contributed by atoms with Gasteiger partial charge in [0.1, 0.15) is 5.75 Å². The molecule has 0 amide bonds. The summed E-state index contributed by atoms with van der Waals surface area (Å²) in [6, 6.07) is 22.9. The fraction of sp³-hybridized carbons (Fsp3) is 0. The predicted molar refractivity (Wildman–Crippen MR) is 91.6 cm³/mol. The van der Waals surface area contributed by atoms with Crippen molar-refractivity contribution in [1.29, 1.82) is 0 Å². The first kappa shape index (κ1) is 15.1. The quantitative estimate of drug-likeness (QED) is 0.506. The van der Waals surface area contributed by atoms with E-state index in [4.69, 9.17) is 9.15 Å². The smallest absolute Gasteiger partial charge is 0.248 e. The maximum Gasteiger partial charge on any atom is 0.248 e. The van der Waals surface area contributed by atoms with E-state index >= 15 is 0 Å². The molecule has 0 radical (unpaired) electrons. The molecule has 0 N–H and O–H groups in total. The number of halogens is 1. The monoisotopic (exact) mass is 332 g/mol. The van der Waals surface area contributed by atoms with Crippen molar-refractivity contribution in [2.24, 2.45) is 0 Å². The van der Waals surface area contributed by atoms with E-state index in [2.05, 4.69) is 10.2 Å². The average molecular weight is 332 g/mol. The summed E-state index contributed by atoms with van der Waals surface area (Å²) in [6.45, 7) is 0. The molecule has 0 atom stereocenters. The van der Waals surface area contributed by atoms with Crippen LogP contribution in [0.2, 0.25) is 0 Å². The van der Waals surface area contributed by atoms with Crippen LogP contribution in [0.1, 0.15) is 0 Å². The molecular weight excluding hydrogens is 319 g/mol. The molecule has 4 rings (SSSR count). The van der Waals surface area contributed by atoms with Gasteiger partial charge in [0.25, 0.3) is 0 Å². The molecule has 25 heavy (non-hydrogen) atoms. The first-order chi connectivity index (χ1) is 12.3. The third kappa shape index (κ3) is 3.26. The Morgan fingerprint density at radius 3 is 2.08 bits per heavy atom. The Labute approximate surface area is 143 Å². The van der Waals surface area contributed by atoms with Crippen LogP contribution < -0.4 is 4.74 Å². The van der Waals surface area contributed by atoms with Crippen LogP contribution in [0, 0.1) is 5.82 Å². The van der Waals surface area contributed by atoms with Crippen molar-refractivity contribution in [3.63, 3.8) is 0 Å². The Morgan fingerprint density at radius 1 is 0.720 bits per heavy atom. The maximum absolute atomic E-state index is 14.0. The van der Waals surface area contributed by atoms with Crippen LogP contribution in [0.25, 0.3) is 22.9 Å². The van der Waals surface area contributed by atoms with Gasteiger partial charge in [-0.15, -0.1) is 10.2 Å². The minimum Gasteiger partial charge on any atom is -0.454 e. The molecule has 3 aromatic carbocycles. The number of aromatic nitrogens is 2. The van der Waals surface area contributed by atoms with Crippen molar-refractivity contribution in [2.45, 2.75) is 0 Å². The van der Waals surface area contributed by atoms with Crippen LogP contribution in [0.15, 0.2) is 83.3 Å². The number of hydrogen-bond acceptors (Lipinski definition) is 4. The van der Waals surface area contributed by atoms with Crippen molar-refractivity contribution in [3.8, 4) is 34.4 Å². The van der Waals surface area contributed by atoms with E-state index in [0.29, 0.717) is 23.1 Å². The Hall–Kier alpha value is -3.47. The molecule has 0 saturated heterocycles. The Bertz CT molecular complexity index is 985. The van der Waals surface area contributed by atoms with Gasteiger partial charge in [0, 0.05) is 11.1 Å². The summed E-state index contributed by atoms with van der Waals surface area (Å²) in [5.41, 5.74) is 1.41. The second kappa shape index (κ2) is 6.57. The van der Waals surface area contributed by atoms with E-state index < -0.39 is 5.82 Å². The zero-order valence-corrected chi connectivity index (χ0v) is 13.1. The number of rotatable bonds is 4. The predicted octanol–water partition coefficient (Wildman–Crippen LogP) is 5.34. The lowest BCUT2D eigenvalue weighted by Gasteiger charge is -2.07. The number of hydrogen-bond donors (Lipinski definition) is 0. The lowest BCUT2D eigenvalue weighted by atomic mass is 10.2. The van der Waals surface area contributed by atoms with E-state index in [1.54, 1.807) is 24.3 Å². The molecule has 0 unspecified atom stereocenters. The van der Waals surface area contributed by atoms with Gasteiger partial charge < -0.3 is 9.15 Å². The highest BCUT2D eigenvalue weighted by molar-refractivity contribution is 5.59. The van der Waals surface area contributed by atoms with Gasteiger partial charge in [-0.25, -0.2) is 4.39 Å². The molecule has 0 spiro atoms. The molecule has 0 aliphatic carbocycles. The molecule has 122 valence electrons. The van der Waals surface area contributed by atoms with Crippen molar-refractivity contribution in [2.75, 3.05) is 0 Å². The molecule has 0 fully saturated rings. The fourth-order valence-electron chi connectivity index (χ4n) is 2.37. The summed E-state index contributed by atoms with van der Waals surface area (Å²) in [6.07, 6.45) is 0. The van der Waals surface area contributed by atoms with Gasteiger partial charge in [-0.3, -0.25) is 0 Å². The fourth-order valence-corrected chi connectivity index (χ4v) is 2.37. The molecule has 0 bridgehead atoms. The average Bonchev–Trinajstić information content (AvgIpc) is 3.15. The second-order valence-corrected chi connectivity index (χ2v) is 5.34. The normalized spacial score (nSPS) is 10.6. The van der Waals surface area contributed by atoms with E-state index in [1.807, 2.05) is 48.5 Å². The topological polar surface area (TPSA) is 48.2 Å². The summed E-state index contributed by atoms with van der Waals surface area (Å²) in [5, 5.41) is 8.09. The van der Waals surface area contributed by atoms with E-state index in [1.165, 1.54) is 6.07 Å². The first-order valence-electron chi connectivity index (χ1n) is 7.71. The standard InChI is InChI=1S/C20H13FN2O2/c21-17-12-11-15(13-18(17)24-16-9-5-2-6-10-16)20-23-22-19(25-20)14-7-3-1-4-8-14/h1-13H. The second-order valence-electron chi connectivity index (χ2n) is 5.34. The third-order valence-electron chi connectivity index (χ3n) is 3.59. The Balaban J connectivity index is 1.65. The molecule has 4 aromatic rings. The molecule has 0 aliphatic rings. The minimum atomic E-state index is -0.463. The molecule has 0 aliphatic heterocycles. The maximum atomic E-state index is 14.0. The van der Waals surface area contributed by atoms with Gasteiger partial charge in [0.2, 0.25) is 11.8 Å². The third-order valence-corrected chi connectivity index (χ3v) is 3.59. The number of para-hydroxylation sites is 1. The van der Waals surface area contributed by atoms with Gasteiger partial charge >= 0.3 is 0 Å². The minimum absolute atomic E-state index is 0.100. The van der Waals surface area contributed by atoms with Crippen LogP contribution >= 0.6 is 0 Å². The molecule has 1 aromatic heterocycles. The van der Waals surface area contributed by atoms with Gasteiger partial charge in [0.15, 0.2) is 11.6 Å². The molecule has 1 heterocycles. The van der Waals surface area contributed by atoms with E-state index in [-0.39, 0.29) is 5.75 Å². The van der Waals surface area contributed by atoms with Crippen molar-refractivity contribution in [1.82, 2.24) is 10.2 Å². The van der Waals surface area contributed by atoms with Crippen molar-refractivity contribution < 1.29 is 13.5 Å². The number of ether oxygens (including phenoxy) is 1. The van der Waals surface area contributed by atoms with Gasteiger partial charge in [-0.05, 0) is 42.5 Å². The summed E-state index contributed by atoms with van der Waals surface area (Å²) in [4.78, 5) is 0. The van der Waals surface area contributed by atoms with E-state index in [9.17, 15) is 4.39 Å². The molecule has 4 nitrogen and oxygen atoms in total. The molecule has 5 heteroatoms. The van der Waals surface area contributed by atoms with Gasteiger partial charge in [-0.2, -0.15) is 0 Å². The highest BCUT2D eigenvalue weighted by atomic mass is 19.1. The lowest BCUT2D eigenvalue weighted by molar-refractivity contribution is 0.442. The summed E-state index contributed by atoms with van der Waals surface area (Å²) in [7, 11) is 0. The SMILES string of the molecule is Fc1ccc(-c2nnc(-c3ccccc3)o2)cc1Oc1ccccc1. The highest BCUT2D eigenvalue weighted by Gasteiger charge is 2.13. The molecule has 0 saturated carbocycles. The summed E-state index contributed by atoms with van der Waals surface area (Å²) < 4.78 is 25.3. The van der Waals surface area contributed by atoms with Gasteiger partial charge in [-0.1, -0.05) is 36.4 Å².